The van der Waals surface area contributed by atoms with Gasteiger partial charge < -0.3 is 20.7 Å². The lowest BCUT2D eigenvalue weighted by atomic mass is 9.88. The SMILES string of the molecule is CCNC(=NCc1cccc(F)c1)NCC1(NC(C)c2ccccc2)CCOCC1. The van der Waals surface area contributed by atoms with Crippen LogP contribution < -0.4 is 16.0 Å². The molecule has 3 N–H and O–H groups in total. The maximum atomic E-state index is 13.4. The van der Waals surface area contributed by atoms with Crippen molar-refractivity contribution in [1.82, 2.24) is 16.0 Å². The molecule has 0 spiro atoms. The van der Waals surface area contributed by atoms with Crippen LogP contribution in [0.15, 0.2) is 59.6 Å². The molecule has 2 aromatic carbocycles. The first-order valence-electron chi connectivity index (χ1n) is 10.8. The van der Waals surface area contributed by atoms with E-state index < -0.39 is 0 Å². The monoisotopic (exact) mass is 412 g/mol. The van der Waals surface area contributed by atoms with Gasteiger partial charge in [0.25, 0.3) is 0 Å². The van der Waals surface area contributed by atoms with Crippen molar-refractivity contribution >= 4 is 5.96 Å². The molecule has 162 valence electrons. The molecule has 30 heavy (non-hydrogen) atoms. The van der Waals surface area contributed by atoms with Crippen LogP contribution in [0.3, 0.4) is 0 Å². The topological polar surface area (TPSA) is 57.7 Å². The minimum Gasteiger partial charge on any atom is -0.381 e. The lowest BCUT2D eigenvalue weighted by molar-refractivity contribution is 0.0355. The Bertz CT molecular complexity index is 806. The fourth-order valence-corrected chi connectivity index (χ4v) is 3.82. The van der Waals surface area contributed by atoms with E-state index in [0.29, 0.717) is 6.54 Å². The minimum absolute atomic E-state index is 0.0808. The van der Waals surface area contributed by atoms with E-state index >= 15 is 0 Å². The largest absolute Gasteiger partial charge is 0.381 e. The van der Waals surface area contributed by atoms with Gasteiger partial charge in [0, 0.05) is 37.9 Å². The zero-order valence-corrected chi connectivity index (χ0v) is 18.0. The van der Waals surface area contributed by atoms with Crippen molar-refractivity contribution in [3.63, 3.8) is 0 Å². The van der Waals surface area contributed by atoms with Gasteiger partial charge in [-0.25, -0.2) is 9.38 Å². The Balaban J connectivity index is 1.67. The van der Waals surface area contributed by atoms with Gasteiger partial charge in [0.05, 0.1) is 6.54 Å². The Morgan fingerprint density at radius 3 is 2.57 bits per heavy atom. The molecule has 1 aliphatic rings. The van der Waals surface area contributed by atoms with E-state index in [1.54, 1.807) is 6.07 Å². The lowest BCUT2D eigenvalue weighted by Gasteiger charge is -2.41. The summed E-state index contributed by atoms with van der Waals surface area (Å²) in [6.07, 6.45) is 1.86. The molecule has 3 rings (SSSR count). The van der Waals surface area contributed by atoms with E-state index in [9.17, 15) is 4.39 Å². The molecule has 0 aliphatic carbocycles. The average molecular weight is 413 g/mol. The van der Waals surface area contributed by atoms with Crippen molar-refractivity contribution in [3.05, 3.63) is 71.5 Å². The Hall–Kier alpha value is -2.44. The van der Waals surface area contributed by atoms with Crippen molar-refractivity contribution in [2.24, 2.45) is 4.99 Å². The van der Waals surface area contributed by atoms with Gasteiger partial charge in [-0.3, -0.25) is 0 Å². The normalized spacial score (nSPS) is 17.4. The van der Waals surface area contributed by atoms with Gasteiger partial charge in [0.1, 0.15) is 5.82 Å². The smallest absolute Gasteiger partial charge is 0.191 e. The molecule has 0 aromatic heterocycles. The van der Waals surface area contributed by atoms with Crippen molar-refractivity contribution in [2.45, 2.75) is 44.8 Å². The molecule has 0 radical (unpaired) electrons. The van der Waals surface area contributed by atoms with E-state index in [0.717, 1.165) is 50.7 Å². The first kappa shape index (κ1) is 22.2. The lowest BCUT2D eigenvalue weighted by Crippen LogP contribution is -2.58. The molecule has 1 heterocycles. The van der Waals surface area contributed by atoms with Gasteiger partial charge >= 0.3 is 0 Å². The molecule has 0 bridgehead atoms. The van der Waals surface area contributed by atoms with Crippen LogP contribution in [0.4, 0.5) is 4.39 Å². The summed E-state index contributed by atoms with van der Waals surface area (Å²) in [6.45, 7) is 7.66. The molecule has 1 saturated heterocycles. The fourth-order valence-electron chi connectivity index (χ4n) is 3.82. The van der Waals surface area contributed by atoms with E-state index in [4.69, 9.17) is 4.74 Å². The van der Waals surface area contributed by atoms with E-state index in [2.05, 4.69) is 52.1 Å². The molecule has 0 saturated carbocycles. The predicted molar refractivity (Wildman–Crippen MR) is 120 cm³/mol. The molecular formula is C24H33FN4O. The first-order valence-corrected chi connectivity index (χ1v) is 10.8. The Kier molecular flexibility index (Phi) is 8.22. The van der Waals surface area contributed by atoms with Crippen LogP contribution in [0, 0.1) is 5.82 Å². The second kappa shape index (κ2) is 11.1. The van der Waals surface area contributed by atoms with Crippen LogP contribution in [0.5, 0.6) is 0 Å². The van der Waals surface area contributed by atoms with Crippen molar-refractivity contribution in [2.75, 3.05) is 26.3 Å². The highest BCUT2D eigenvalue weighted by molar-refractivity contribution is 5.79. The Morgan fingerprint density at radius 2 is 1.87 bits per heavy atom. The maximum Gasteiger partial charge on any atom is 0.191 e. The number of halogens is 1. The number of hydrogen-bond acceptors (Lipinski definition) is 3. The highest BCUT2D eigenvalue weighted by atomic mass is 19.1. The van der Waals surface area contributed by atoms with Crippen molar-refractivity contribution in [3.8, 4) is 0 Å². The molecule has 1 atom stereocenters. The third-order valence-electron chi connectivity index (χ3n) is 5.52. The van der Waals surface area contributed by atoms with Gasteiger partial charge in [-0.1, -0.05) is 42.5 Å². The van der Waals surface area contributed by atoms with Crippen molar-refractivity contribution in [1.29, 1.82) is 0 Å². The third kappa shape index (κ3) is 6.54. The second-order valence-electron chi connectivity index (χ2n) is 7.85. The van der Waals surface area contributed by atoms with Gasteiger partial charge in [-0.15, -0.1) is 0 Å². The Labute approximate surface area is 179 Å². The molecule has 2 aromatic rings. The molecule has 5 nitrogen and oxygen atoms in total. The molecule has 0 amide bonds. The number of benzene rings is 2. The summed E-state index contributed by atoms with van der Waals surface area (Å²) in [6, 6.07) is 17.3. The second-order valence-corrected chi connectivity index (χ2v) is 7.85. The summed E-state index contributed by atoms with van der Waals surface area (Å²) in [5.41, 5.74) is 2.04. The molecule has 1 fully saturated rings. The van der Waals surface area contributed by atoms with Crippen LogP contribution in [-0.2, 0) is 11.3 Å². The number of guanidine groups is 1. The van der Waals surface area contributed by atoms with Crippen LogP contribution >= 0.6 is 0 Å². The number of ether oxygens (including phenoxy) is 1. The highest BCUT2D eigenvalue weighted by Gasteiger charge is 2.34. The molecule has 1 unspecified atom stereocenters. The zero-order chi connectivity index (χ0) is 21.2. The van der Waals surface area contributed by atoms with Crippen LogP contribution in [0.2, 0.25) is 0 Å². The number of aliphatic imine (C=N–C) groups is 1. The maximum absolute atomic E-state index is 13.4. The van der Waals surface area contributed by atoms with Crippen LogP contribution in [-0.4, -0.2) is 37.8 Å². The zero-order valence-electron chi connectivity index (χ0n) is 18.0. The fraction of sp³-hybridized carbons (Fsp3) is 0.458. The predicted octanol–water partition coefficient (Wildman–Crippen LogP) is 3.78. The number of nitrogens with zero attached hydrogens (tertiary/aromatic N) is 1. The summed E-state index contributed by atoms with van der Waals surface area (Å²) in [5.74, 6) is 0.503. The van der Waals surface area contributed by atoms with E-state index in [1.807, 2.05) is 19.1 Å². The number of hydrogen-bond donors (Lipinski definition) is 3. The summed E-state index contributed by atoms with van der Waals surface area (Å²) in [4.78, 5) is 4.65. The van der Waals surface area contributed by atoms with Crippen molar-refractivity contribution < 1.29 is 9.13 Å². The number of rotatable bonds is 8. The summed E-state index contributed by atoms with van der Waals surface area (Å²) < 4.78 is 19.1. The summed E-state index contributed by atoms with van der Waals surface area (Å²) >= 11 is 0. The molecular weight excluding hydrogens is 379 g/mol. The van der Waals surface area contributed by atoms with Gasteiger partial charge in [-0.2, -0.15) is 0 Å². The average Bonchev–Trinajstić information content (AvgIpc) is 2.77. The van der Waals surface area contributed by atoms with Gasteiger partial charge in [0.2, 0.25) is 0 Å². The van der Waals surface area contributed by atoms with Crippen LogP contribution in [0.25, 0.3) is 0 Å². The number of nitrogens with one attached hydrogen (secondary N) is 3. The molecule has 6 heteroatoms. The first-order chi connectivity index (χ1) is 14.6. The van der Waals surface area contributed by atoms with Crippen LogP contribution in [0.1, 0.15) is 43.9 Å². The standard InChI is InChI=1S/C24H33FN4O/c1-3-26-23(27-17-20-8-7-11-22(25)16-20)28-18-24(12-14-30-15-13-24)29-19(2)21-9-5-4-6-10-21/h4-11,16,19,29H,3,12-15,17-18H2,1-2H3,(H2,26,27,28). The minimum atomic E-state index is -0.235. The third-order valence-corrected chi connectivity index (χ3v) is 5.52. The van der Waals surface area contributed by atoms with Gasteiger partial charge in [-0.05, 0) is 49.9 Å². The highest BCUT2D eigenvalue weighted by Crippen LogP contribution is 2.25. The van der Waals surface area contributed by atoms with E-state index in [-0.39, 0.29) is 17.4 Å². The van der Waals surface area contributed by atoms with Gasteiger partial charge in [0.15, 0.2) is 5.96 Å². The molecule has 1 aliphatic heterocycles. The summed E-state index contributed by atoms with van der Waals surface area (Å²) in [7, 11) is 0. The quantitative estimate of drug-likeness (QED) is 0.456. The van der Waals surface area contributed by atoms with E-state index in [1.165, 1.54) is 17.7 Å². The Morgan fingerprint density at radius 1 is 1.10 bits per heavy atom. The summed E-state index contributed by atoms with van der Waals surface area (Å²) in [5, 5.41) is 10.6.